The topological polar surface area (TPSA) is 118 Å². The molecular formula is C27H29FN8O2. The third-order valence-corrected chi connectivity index (χ3v) is 6.20. The molecule has 1 aliphatic heterocycles. The van der Waals surface area contributed by atoms with Gasteiger partial charge in [-0.2, -0.15) is 10.2 Å². The van der Waals surface area contributed by atoms with Gasteiger partial charge in [-0.1, -0.05) is 12.6 Å². The molecule has 0 radical (unpaired) electrons. The number of benzene rings is 2. The van der Waals surface area contributed by atoms with Crippen LogP contribution in [0.1, 0.15) is 11.1 Å². The Balaban J connectivity index is 1.59. The van der Waals surface area contributed by atoms with Crippen LogP contribution in [-0.2, 0) is 11.3 Å². The summed E-state index contributed by atoms with van der Waals surface area (Å²) in [6.45, 7) is 7.22. The number of nitriles is 1. The predicted molar refractivity (Wildman–Crippen MR) is 145 cm³/mol. The number of rotatable bonds is 9. The van der Waals surface area contributed by atoms with Gasteiger partial charge in [-0.25, -0.2) is 9.37 Å². The zero-order valence-electron chi connectivity index (χ0n) is 21.3. The molecule has 1 aromatic heterocycles. The summed E-state index contributed by atoms with van der Waals surface area (Å²) in [5.74, 6) is -0.00254. The highest BCUT2D eigenvalue weighted by Crippen LogP contribution is 2.31. The van der Waals surface area contributed by atoms with E-state index < -0.39 is 5.82 Å². The lowest BCUT2D eigenvalue weighted by Gasteiger charge is -2.34. The first-order valence-electron chi connectivity index (χ1n) is 12.0. The number of halogens is 1. The van der Waals surface area contributed by atoms with Crippen LogP contribution >= 0.6 is 0 Å². The van der Waals surface area contributed by atoms with Crippen molar-refractivity contribution in [2.24, 2.45) is 0 Å². The van der Waals surface area contributed by atoms with E-state index in [0.717, 1.165) is 31.9 Å². The van der Waals surface area contributed by atoms with Gasteiger partial charge in [0.1, 0.15) is 29.0 Å². The lowest BCUT2D eigenvalue weighted by atomic mass is 10.2. The molecule has 196 valence electrons. The molecule has 1 fully saturated rings. The first-order chi connectivity index (χ1) is 18.4. The fraction of sp³-hybridized carbons (Fsp3) is 0.259. The molecule has 3 N–H and O–H groups in total. The van der Waals surface area contributed by atoms with E-state index in [1.807, 2.05) is 24.3 Å². The molecule has 1 amide bonds. The number of anilines is 5. The van der Waals surface area contributed by atoms with Crippen LogP contribution in [0.5, 0.6) is 5.75 Å². The highest BCUT2D eigenvalue weighted by molar-refractivity contribution is 6.02. The average molecular weight is 517 g/mol. The quantitative estimate of drug-likeness (QED) is 0.366. The third-order valence-electron chi connectivity index (χ3n) is 6.20. The van der Waals surface area contributed by atoms with Crippen LogP contribution in [0.15, 0.2) is 55.3 Å². The number of hydrogen-bond donors (Lipinski definition) is 3. The number of piperazine rings is 1. The summed E-state index contributed by atoms with van der Waals surface area (Å²) in [6.07, 6.45) is 2.57. The van der Waals surface area contributed by atoms with Crippen molar-refractivity contribution in [1.29, 1.82) is 5.26 Å². The number of methoxy groups -OCH3 is 1. The van der Waals surface area contributed by atoms with Gasteiger partial charge in [0.15, 0.2) is 0 Å². The second-order valence-electron chi connectivity index (χ2n) is 8.68. The van der Waals surface area contributed by atoms with Crippen molar-refractivity contribution in [2.75, 3.05) is 61.2 Å². The Hall–Kier alpha value is -4.69. The van der Waals surface area contributed by atoms with Crippen LogP contribution in [0.4, 0.5) is 33.2 Å². The molecule has 2 heterocycles. The van der Waals surface area contributed by atoms with Crippen LogP contribution in [0, 0.1) is 17.1 Å². The normalized spacial score (nSPS) is 13.4. The average Bonchev–Trinajstić information content (AvgIpc) is 2.93. The number of carbonyl (C=O) groups is 1. The molecule has 3 aromatic rings. The van der Waals surface area contributed by atoms with Crippen molar-refractivity contribution < 1.29 is 13.9 Å². The summed E-state index contributed by atoms with van der Waals surface area (Å²) in [5, 5.41) is 18.5. The van der Waals surface area contributed by atoms with E-state index in [1.54, 1.807) is 12.1 Å². The van der Waals surface area contributed by atoms with Gasteiger partial charge in [-0.15, -0.1) is 0 Å². The van der Waals surface area contributed by atoms with Crippen LogP contribution in [0.3, 0.4) is 0 Å². The van der Waals surface area contributed by atoms with E-state index in [4.69, 9.17) is 4.74 Å². The second kappa shape index (κ2) is 12.0. The summed E-state index contributed by atoms with van der Waals surface area (Å²) >= 11 is 0. The summed E-state index contributed by atoms with van der Waals surface area (Å²) < 4.78 is 19.6. The summed E-state index contributed by atoms with van der Waals surface area (Å²) in [4.78, 5) is 25.4. The summed E-state index contributed by atoms with van der Waals surface area (Å²) in [6, 6.07) is 12.3. The molecule has 0 spiro atoms. The molecule has 0 saturated carbocycles. The molecule has 10 nitrogen and oxygen atoms in total. The second-order valence-corrected chi connectivity index (χ2v) is 8.68. The lowest BCUT2D eigenvalue weighted by molar-refractivity contribution is -0.111. The molecule has 0 bridgehead atoms. The van der Waals surface area contributed by atoms with E-state index in [1.165, 1.54) is 25.4 Å². The predicted octanol–water partition coefficient (Wildman–Crippen LogP) is 3.73. The van der Waals surface area contributed by atoms with Gasteiger partial charge in [0.05, 0.1) is 24.7 Å². The minimum absolute atomic E-state index is 0.0430. The number of nitrogens with zero attached hydrogens (tertiary/aromatic N) is 5. The molecule has 4 rings (SSSR count). The molecule has 0 aliphatic carbocycles. The zero-order chi connectivity index (χ0) is 27.1. The number of aromatic nitrogens is 2. The minimum atomic E-state index is -0.439. The Kier molecular flexibility index (Phi) is 8.35. The smallest absolute Gasteiger partial charge is 0.247 e. The Labute approximate surface area is 220 Å². The van der Waals surface area contributed by atoms with Gasteiger partial charge in [-0.3, -0.25) is 4.79 Å². The highest BCUT2D eigenvalue weighted by Gasteiger charge is 2.17. The van der Waals surface area contributed by atoms with Crippen molar-refractivity contribution >= 4 is 34.7 Å². The number of carbonyl (C=O) groups excluding carboxylic acids is 1. The number of amides is 1. The van der Waals surface area contributed by atoms with E-state index >= 15 is 0 Å². The summed E-state index contributed by atoms with van der Waals surface area (Å²) in [7, 11) is 3.55. The van der Waals surface area contributed by atoms with Crippen LogP contribution in [-0.4, -0.2) is 61.1 Å². The van der Waals surface area contributed by atoms with Crippen molar-refractivity contribution in [3.8, 4) is 11.8 Å². The maximum atomic E-state index is 14.4. The number of nitrogens with one attached hydrogen (secondary N) is 3. The van der Waals surface area contributed by atoms with Crippen LogP contribution in [0.25, 0.3) is 0 Å². The third kappa shape index (κ3) is 6.16. The van der Waals surface area contributed by atoms with E-state index in [2.05, 4.69) is 49.3 Å². The number of likely N-dealkylation sites (N-methyl/N-ethyl adjacent to an activating group) is 1. The molecule has 1 saturated heterocycles. The van der Waals surface area contributed by atoms with Crippen molar-refractivity contribution in [1.82, 2.24) is 14.9 Å². The molecule has 0 unspecified atom stereocenters. The van der Waals surface area contributed by atoms with Gasteiger partial charge in [-0.05, 0) is 43.5 Å². The first-order valence-corrected chi connectivity index (χ1v) is 12.0. The Morgan fingerprint density at radius 3 is 2.74 bits per heavy atom. The fourth-order valence-corrected chi connectivity index (χ4v) is 4.04. The summed E-state index contributed by atoms with van der Waals surface area (Å²) in [5.41, 5.74) is 2.57. The van der Waals surface area contributed by atoms with Crippen molar-refractivity contribution in [3.63, 3.8) is 0 Å². The molecule has 11 heteroatoms. The fourth-order valence-electron chi connectivity index (χ4n) is 4.04. The van der Waals surface area contributed by atoms with Gasteiger partial charge in [0.25, 0.3) is 0 Å². The van der Waals surface area contributed by atoms with Gasteiger partial charge < -0.3 is 30.5 Å². The standard InChI is InChI=1S/C27H29FN8O2/c1-4-25(37)32-23-14-19(36-12-10-35(2)11-13-36)8-9-22(23)33-27-31-16-18(15-29)26(34-27)30-17-20-21(28)6-5-7-24(20)38-3/h4-9,14,16H,1,10-13,17H2,2-3H3,(H,32,37)(H2,30,31,33,34). The molecule has 1 aliphatic rings. The SMILES string of the molecule is C=CC(=O)Nc1cc(N2CCN(C)CC2)ccc1Nc1ncc(C#N)c(NCc2c(F)cccc2OC)n1. The van der Waals surface area contributed by atoms with E-state index in [0.29, 0.717) is 22.7 Å². The molecule has 2 aromatic carbocycles. The van der Waals surface area contributed by atoms with Gasteiger partial charge in [0.2, 0.25) is 11.9 Å². The largest absolute Gasteiger partial charge is 0.496 e. The lowest BCUT2D eigenvalue weighted by Crippen LogP contribution is -2.44. The molecule has 0 atom stereocenters. The maximum absolute atomic E-state index is 14.4. The molecular weight excluding hydrogens is 487 g/mol. The number of hydrogen-bond acceptors (Lipinski definition) is 9. The van der Waals surface area contributed by atoms with E-state index in [-0.39, 0.29) is 29.8 Å². The first kappa shape index (κ1) is 26.4. The van der Waals surface area contributed by atoms with Crippen LogP contribution < -0.4 is 25.6 Å². The highest BCUT2D eigenvalue weighted by atomic mass is 19.1. The van der Waals surface area contributed by atoms with E-state index in [9.17, 15) is 14.4 Å². The maximum Gasteiger partial charge on any atom is 0.247 e. The Morgan fingerprint density at radius 1 is 1.24 bits per heavy atom. The zero-order valence-corrected chi connectivity index (χ0v) is 21.3. The minimum Gasteiger partial charge on any atom is -0.496 e. The Bertz CT molecular complexity index is 1370. The van der Waals surface area contributed by atoms with Crippen molar-refractivity contribution in [3.05, 3.63) is 72.2 Å². The monoisotopic (exact) mass is 516 g/mol. The Morgan fingerprint density at radius 2 is 2.03 bits per heavy atom. The van der Waals surface area contributed by atoms with Crippen molar-refractivity contribution in [2.45, 2.75) is 6.54 Å². The number of ether oxygens (including phenoxy) is 1. The van der Waals surface area contributed by atoms with Gasteiger partial charge >= 0.3 is 0 Å². The molecule has 38 heavy (non-hydrogen) atoms. The van der Waals surface area contributed by atoms with Gasteiger partial charge in [0, 0.05) is 44.0 Å². The van der Waals surface area contributed by atoms with Crippen LogP contribution in [0.2, 0.25) is 0 Å².